The molecular formula is C27H34N4O5. The quantitative estimate of drug-likeness (QED) is 0.518. The first-order valence-corrected chi connectivity index (χ1v) is 12.3. The van der Waals surface area contributed by atoms with Crippen LogP contribution in [0.15, 0.2) is 59.8 Å². The molecule has 1 atom stereocenters. The number of nitrogens with zero attached hydrogens (tertiary/aromatic N) is 2. The van der Waals surface area contributed by atoms with E-state index < -0.39 is 12.0 Å². The lowest BCUT2D eigenvalue weighted by atomic mass is 9.94. The summed E-state index contributed by atoms with van der Waals surface area (Å²) in [5.74, 6) is 1.01. The molecule has 2 aromatic carbocycles. The lowest BCUT2D eigenvalue weighted by Crippen LogP contribution is -2.51. The summed E-state index contributed by atoms with van der Waals surface area (Å²) in [5, 5.41) is 5.78. The monoisotopic (exact) mass is 494 g/mol. The number of carbonyl (C=O) groups excluding carboxylic acids is 2. The molecule has 9 heteroatoms. The molecule has 4 rings (SSSR count). The molecule has 0 saturated carbocycles. The highest BCUT2D eigenvalue weighted by atomic mass is 16.5. The van der Waals surface area contributed by atoms with Gasteiger partial charge in [-0.25, -0.2) is 9.59 Å². The molecule has 2 aliphatic heterocycles. The molecule has 0 spiro atoms. The van der Waals surface area contributed by atoms with Crippen molar-refractivity contribution in [3.05, 3.63) is 65.4 Å². The average molecular weight is 495 g/mol. The smallest absolute Gasteiger partial charge is 0.338 e. The van der Waals surface area contributed by atoms with E-state index in [0.717, 1.165) is 43.2 Å². The van der Waals surface area contributed by atoms with Gasteiger partial charge in [0.05, 0.1) is 31.9 Å². The fourth-order valence-electron chi connectivity index (χ4n) is 4.61. The summed E-state index contributed by atoms with van der Waals surface area (Å²) in [5.41, 5.74) is 2.83. The maximum atomic E-state index is 13.1. The third kappa shape index (κ3) is 5.73. The van der Waals surface area contributed by atoms with Crippen LogP contribution in [-0.4, -0.2) is 69.9 Å². The molecule has 0 bridgehead atoms. The zero-order valence-electron chi connectivity index (χ0n) is 21.1. The number of benzene rings is 2. The van der Waals surface area contributed by atoms with Gasteiger partial charge in [0.2, 0.25) is 0 Å². The first-order chi connectivity index (χ1) is 17.5. The number of ether oxygens (including phenoxy) is 3. The first kappa shape index (κ1) is 25.4. The number of hydrogen-bond donors (Lipinski definition) is 2. The van der Waals surface area contributed by atoms with E-state index in [4.69, 9.17) is 14.2 Å². The molecule has 0 aromatic heterocycles. The second-order valence-corrected chi connectivity index (χ2v) is 8.58. The Bertz CT molecular complexity index is 1090. The van der Waals surface area contributed by atoms with Crippen LogP contribution in [0, 0.1) is 0 Å². The second kappa shape index (κ2) is 11.8. The molecule has 2 amide bonds. The van der Waals surface area contributed by atoms with Gasteiger partial charge in [0.1, 0.15) is 11.5 Å². The van der Waals surface area contributed by atoms with Crippen LogP contribution in [0.4, 0.5) is 10.5 Å². The molecule has 2 heterocycles. The van der Waals surface area contributed by atoms with Crippen molar-refractivity contribution in [1.29, 1.82) is 0 Å². The van der Waals surface area contributed by atoms with Crippen molar-refractivity contribution in [3.8, 4) is 11.5 Å². The third-order valence-corrected chi connectivity index (χ3v) is 6.37. The van der Waals surface area contributed by atoms with E-state index in [2.05, 4.69) is 32.6 Å². The predicted molar refractivity (Wildman–Crippen MR) is 137 cm³/mol. The van der Waals surface area contributed by atoms with Crippen LogP contribution in [0.3, 0.4) is 0 Å². The summed E-state index contributed by atoms with van der Waals surface area (Å²) in [4.78, 5) is 30.4. The topological polar surface area (TPSA) is 92.4 Å². The number of anilines is 1. The molecule has 9 nitrogen and oxygen atoms in total. The molecule has 0 aliphatic carbocycles. The molecule has 36 heavy (non-hydrogen) atoms. The highest BCUT2D eigenvalue weighted by molar-refractivity contribution is 5.95. The van der Waals surface area contributed by atoms with Crippen LogP contribution < -0.4 is 25.0 Å². The second-order valence-electron chi connectivity index (χ2n) is 8.58. The number of hydrogen-bond acceptors (Lipinski definition) is 7. The number of carbonyl (C=O) groups is 2. The van der Waals surface area contributed by atoms with Gasteiger partial charge in [-0.3, -0.25) is 4.90 Å². The van der Waals surface area contributed by atoms with Crippen LogP contribution in [0.5, 0.6) is 11.5 Å². The van der Waals surface area contributed by atoms with Gasteiger partial charge in [0.25, 0.3) is 0 Å². The summed E-state index contributed by atoms with van der Waals surface area (Å²) in [7, 11) is 1.66. The predicted octanol–water partition coefficient (Wildman–Crippen LogP) is 3.09. The van der Waals surface area contributed by atoms with Crippen molar-refractivity contribution in [2.45, 2.75) is 19.9 Å². The third-order valence-electron chi connectivity index (χ3n) is 6.37. The van der Waals surface area contributed by atoms with E-state index in [1.165, 1.54) is 0 Å². The zero-order chi connectivity index (χ0) is 25.5. The van der Waals surface area contributed by atoms with Crippen LogP contribution in [-0.2, 0) is 9.53 Å². The van der Waals surface area contributed by atoms with Gasteiger partial charge in [-0.1, -0.05) is 18.2 Å². The Balaban J connectivity index is 1.56. The van der Waals surface area contributed by atoms with Gasteiger partial charge < -0.3 is 29.7 Å². The van der Waals surface area contributed by atoms with Crippen LogP contribution in [0.1, 0.15) is 25.5 Å². The Kier molecular flexibility index (Phi) is 8.32. The molecule has 2 N–H and O–H groups in total. The van der Waals surface area contributed by atoms with Crippen molar-refractivity contribution >= 4 is 17.7 Å². The van der Waals surface area contributed by atoms with E-state index in [-0.39, 0.29) is 12.6 Å². The maximum absolute atomic E-state index is 13.1. The van der Waals surface area contributed by atoms with Crippen molar-refractivity contribution in [2.75, 3.05) is 57.9 Å². The minimum Gasteiger partial charge on any atom is -0.497 e. The van der Waals surface area contributed by atoms with Crippen molar-refractivity contribution in [2.24, 2.45) is 0 Å². The van der Waals surface area contributed by atoms with E-state index in [9.17, 15) is 9.59 Å². The molecule has 2 aliphatic rings. The largest absolute Gasteiger partial charge is 0.497 e. The van der Waals surface area contributed by atoms with Gasteiger partial charge in [0.15, 0.2) is 0 Å². The molecule has 0 unspecified atom stereocenters. The summed E-state index contributed by atoms with van der Waals surface area (Å²) in [6, 6.07) is 14.5. The highest BCUT2D eigenvalue weighted by Gasteiger charge is 2.36. The minimum atomic E-state index is -0.670. The Morgan fingerprint density at radius 3 is 2.39 bits per heavy atom. The van der Waals surface area contributed by atoms with Crippen LogP contribution in [0.2, 0.25) is 0 Å². The van der Waals surface area contributed by atoms with Crippen LogP contribution >= 0.6 is 0 Å². The van der Waals surface area contributed by atoms with Crippen LogP contribution in [0.25, 0.3) is 0 Å². The summed E-state index contributed by atoms with van der Waals surface area (Å²) < 4.78 is 16.5. The van der Waals surface area contributed by atoms with E-state index in [1.807, 2.05) is 43.3 Å². The lowest BCUT2D eigenvalue weighted by molar-refractivity contribution is -0.139. The number of esters is 1. The van der Waals surface area contributed by atoms with Gasteiger partial charge in [-0.15, -0.1) is 0 Å². The average Bonchev–Trinajstić information content (AvgIpc) is 2.89. The number of rotatable bonds is 9. The maximum Gasteiger partial charge on any atom is 0.338 e. The van der Waals surface area contributed by atoms with Gasteiger partial charge in [0, 0.05) is 49.7 Å². The summed E-state index contributed by atoms with van der Waals surface area (Å²) >= 11 is 0. The standard InChI is InChI=1S/C27H34N4O5/c1-4-35-23-9-7-6-8-21(23)25-24(26(32)36-5-2)22(28-27(33)29-25)18-30-14-16-31(17-15-30)19-10-12-20(34-3)13-11-19/h6-13,25H,4-5,14-18H2,1-3H3,(H2,28,29,33)/t25-/m1/s1. The van der Waals surface area contributed by atoms with Crippen molar-refractivity contribution in [1.82, 2.24) is 15.5 Å². The first-order valence-electron chi connectivity index (χ1n) is 12.3. The molecule has 192 valence electrons. The van der Waals surface area contributed by atoms with Gasteiger partial charge in [-0.05, 0) is 44.2 Å². The van der Waals surface area contributed by atoms with Gasteiger partial charge in [-0.2, -0.15) is 0 Å². The number of amides is 2. The summed E-state index contributed by atoms with van der Waals surface area (Å²) in [6.45, 7) is 8.05. The molecule has 0 radical (unpaired) electrons. The SMILES string of the molecule is CCOC(=O)C1=C(CN2CCN(c3ccc(OC)cc3)CC2)NC(=O)N[C@@H]1c1ccccc1OCC. The molecule has 2 aromatic rings. The van der Waals surface area contributed by atoms with Gasteiger partial charge >= 0.3 is 12.0 Å². The Hall–Kier alpha value is -3.72. The minimum absolute atomic E-state index is 0.240. The fourth-order valence-corrected chi connectivity index (χ4v) is 4.61. The van der Waals surface area contributed by atoms with E-state index in [0.29, 0.717) is 30.2 Å². The summed E-state index contributed by atoms with van der Waals surface area (Å²) in [6.07, 6.45) is 0. The zero-order valence-corrected chi connectivity index (χ0v) is 21.1. The Morgan fingerprint density at radius 2 is 1.72 bits per heavy atom. The normalized spacial score (nSPS) is 18.4. The molecule has 1 saturated heterocycles. The Morgan fingerprint density at radius 1 is 1.00 bits per heavy atom. The number of urea groups is 1. The molecular weight excluding hydrogens is 460 g/mol. The van der Waals surface area contributed by atoms with Crippen molar-refractivity contribution in [3.63, 3.8) is 0 Å². The molecule has 1 fully saturated rings. The van der Waals surface area contributed by atoms with E-state index >= 15 is 0 Å². The number of nitrogens with one attached hydrogen (secondary N) is 2. The highest BCUT2D eigenvalue weighted by Crippen LogP contribution is 2.34. The Labute approximate surface area is 212 Å². The number of piperazine rings is 1. The lowest BCUT2D eigenvalue weighted by Gasteiger charge is -2.38. The fraction of sp³-hybridized carbons (Fsp3) is 0.407. The van der Waals surface area contributed by atoms with E-state index in [1.54, 1.807) is 14.0 Å². The number of para-hydroxylation sites is 1. The number of methoxy groups -OCH3 is 1. The van der Waals surface area contributed by atoms with Crippen molar-refractivity contribution < 1.29 is 23.8 Å².